The topological polar surface area (TPSA) is 12.5 Å². The van der Waals surface area contributed by atoms with Crippen LogP contribution in [0.15, 0.2) is 78.9 Å². The Morgan fingerprint density at radius 1 is 0.700 bits per heavy atom. The van der Waals surface area contributed by atoms with Gasteiger partial charge in [0.1, 0.15) is 12.4 Å². The van der Waals surface area contributed by atoms with Crippen LogP contribution in [0.1, 0.15) is 41.5 Å². The molecule has 3 aromatic carbocycles. The molecule has 0 amide bonds. The average molecular weight is 396 g/mol. The van der Waals surface area contributed by atoms with Gasteiger partial charge >= 0.3 is 0 Å². The third-order valence-corrected chi connectivity index (χ3v) is 6.37. The van der Waals surface area contributed by atoms with Gasteiger partial charge < -0.3 is 4.74 Å². The Labute approximate surface area is 179 Å². The van der Waals surface area contributed by atoms with Crippen molar-refractivity contribution in [1.82, 2.24) is 4.90 Å². The molecule has 1 heterocycles. The van der Waals surface area contributed by atoms with Gasteiger partial charge in [-0.15, -0.1) is 0 Å². The van der Waals surface area contributed by atoms with Crippen molar-refractivity contribution in [2.24, 2.45) is 0 Å². The minimum atomic E-state index is 0.764. The molecule has 0 aromatic heterocycles. The van der Waals surface area contributed by atoms with E-state index in [1.165, 1.54) is 59.3 Å². The van der Waals surface area contributed by atoms with E-state index in [0.717, 1.165) is 31.7 Å². The zero-order valence-electron chi connectivity index (χ0n) is 17.5. The number of rotatable bonds is 6. The lowest BCUT2D eigenvalue weighted by Crippen LogP contribution is -2.25. The van der Waals surface area contributed by atoms with E-state index in [1.807, 2.05) is 0 Å². The SMILES string of the molecule is c1ccc(C2=C(c3ccc(OCCN4CCCC4)cc3)c3ccccc3CC2)cc1. The first-order valence-electron chi connectivity index (χ1n) is 11.2. The van der Waals surface area contributed by atoms with E-state index in [1.54, 1.807) is 0 Å². The molecule has 2 aliphatic rings. The van der Waals surface area contributed by atoms with Crippen molar-refractivity contribution in [2.45, 2.75) is 25.7 Å². The summed E-state index contributed by atoms with van der Waals surface area (Å²) in [6.45, 7) is 4.23. The standard InChI is InChI=1S/C28H29NO/c1-2-8-22(9-3-1)27-17-14-23-10-4-5-11-26(23)28(27)24-12-15-25(16-13-24)30-21-20-29-18-6-7-19-29/h1-5,8-13,15-16H,6-7,14,17-21H2. The molecule has 30 heavy (non-hydrogen) atoms. The van der Waals surface area contributed by atoms with Crippen molar-refractivity contribution in [2.75, 3.05) is 26.2 Å². The fourth-order valence-corrected chi connectivity index (χ4v) is 4.80. The lowest BCUT2D eigenvalue weighted by Gasteiger charge is -2.24. The van der Waals surface area contributed by atoms with Crippen molar-refractivity contribution >= 4 is 11.1 Å². The fraction of sp³-hybridized carbons (Fsp3) is 0.286. The number of nitrogens with zero attached hydrogens (tertiary/aromatic N) is 1. The van der Waals surface area contributed by atoms with Crippen molar-refractivity contribution in [3.63, 3.8) is 0 Å². The van der Waals surface area contributed by atoms with Gasteiger partial charge in [0.05, 0.1) is 0 Å². The zero-order chi connectivity index (χ0) is 20.2. The second-order valence-corrected chi connectivity index (χ2v) is 8.30. The number of fused-ring (bicyclic) bond motifs is 1. The Bertz CT molecular complexity index is 1010. The van der Waals surface area contributed by atoms with Crippen LogP contribution >= 0.6 is 0 Å². The van der Waals surface area contributed by atoms with Crippen LogP contribution in [0.3, 0.4) is 0 Å². The van der Waals surface area contributed by atoms with Crippen LogP contribution in [0.4, 0.5) is 0 Å². The van der Waals surface area contributed by atoms with Crippen molar-refractivity contribution in [1.29, 1.82) is 0 Å². The largest absolute Gasteiger partial charge is 0.492 e. The molecular formula is C28H29NO. The van der Waals surface area contributed by atoms with Gasteiger partial charge in [-0.05, 0) is 84.3 Å². The van der Waals surface area contributed by atoms with Crippen LogP contribution < -0.4 is 4.74 Å². The van der Waals surface area contributed by atoms with Crippen LogP contribution in [-0.2, 0) is 6.42 Å². The summed E-state index contributed by atoms with van der Waals surface area (Å²) in [5, 5.41) is 0. The molecule has 0 saturated carbocycles. The first-order valence-corrected chi connectivity index (χ1v) is 11.2. The highest BCUT2D eigenvalue weighted by Gasteiger charge is 2.21. The number of hydrogen-bond donors (Lipinski definition) is 0. The number of aryl methyl sites for hydroxylation is 1. The second-order valence-electron chi connectivity index (χ2n) is 8.30. The fourth-order valence-electron chi connectivity index (χ4n) is 4.80. The Balaban J connectivity index is 1.43. The zero-order valence-corrected chi connectivity index (χ0v) is 17.5. The van der Waals surface area contributed by atoms with Crippen LogP contribution in [0.5, 0.6) is 5.75 Å². The molecule has 0 N–H and O–H groups in total. The average Bonchev–Trinajstić information content (AvgIpc) is 3.33. The summed E-state index contributed by atoms with van der Waals surface area (Å²) in [6.07, 6.45) is 4.83. The van der Waals surface area contributed by atoms with E-state index in [-0.39, 0.29) is 0 Å². The Morgan fingerprint density at radius 2 is 1.43 bits per heavy atom. The Kier molecular flexibility index (Phi) is 5.67. The van der Waals surface area contributed by atoms with Gasteiger partial charge in [-0.25, -0.2) is 0 Å². The van der Waals surface area contributed by atoms with Gasteiger partial charge in [-0.3, -0.25) is 4.90 Å². The maximum absolute atomic E-state index is 6.03. The summed E-state index contributed by atoms with van der Waals surface area (Å²) in [7, 11) is 0. The van der Waals surface area contributed by atoms with Gasteiger partial charge in [0, 0.05) is 6.54 Å². The molecule has 1 saturated heterocycles. The van der Waals surface area contributed by atoms with E-state index in [4.69, 9.17) is 4.74 Å². The second kappa shape index (κ2) is 8.89. The summed E-state index contributed by atoms with van der Waals surface area (Å²) in [4.78, 5) is 2.49. The number of likely N-dealkylation sites (tertiary alicyclic amines) is 1. The van der Waals surface area contributed by atoms with Crippen LogP contribution in [0.2, 0.25) is 0 Å². The van der Waals surface area contributed by atoms with Gasteiger partial charge in [-0.2, -0.15) is 0 Å². The van der Waals surface area contributed by atoms with Gasteiger partial charge in [0.25, 0.3) is 0 Å². The number of hydrogen-bond acceptors (Lipinski definition) is 2. The monoisotopic (exact) mass is 395 g/mol. The summed E-state index contributed by atoms with van der Waals surface area (Å²) < 4.78 is 6.03. The van der Waals surface area contributed by atoms with E-state index in [2.05, 4.69) is 83.8 Å². The predicted molar refractivity (Wildman–Crippen MR) is 125 cm³/mol. The minimum absolute atomic E-state index is 0.764. The number of allylic oxidation sites excluding steroid dienone is 1. The first-order chi connectivity index (χ1) is 14.9. The molecule has 1 aliphatic carbocycles. The lowest BCUT2D eigenvalue weighted by molar-refractivity contribution is 0.238. The van der Waals surface area contributed by atoms with Crippen LogP contribution in [-0.4, -0.2) is 31.1 Å². The smallest absolute Gasteiger partial charge is 0.119 e. The minimum Gasteiger partial charge on any atom is -0.492 e. The highest BCUT2D eigenvalue weighted by Crippen LogP contribution is 2.40. The molecule has 1 fully saturated rings. The first kappa shape index (κ1) is 19.1. The maximum atomic E-state index is 6.03. The van der Waals surface area contributed by atoms with E-state index < -0.39 is 0 Å². The molecule has 1 aliphatic heterocycles. The third-order valence-electron chi connectivity index (χ3n) is 6.37. The third kappa shape index (κ3) is 4.06. The van der Waals surface area contributed by atoms with Gasteiger partial charge in [0.2, 0.25) is 0 Å². The van der Waals surface area contributed by atoms with Crippen molar-refractivity contribution < 1.29 is 4.74 Å². The normalized spacial score (nSPS) is 16.5. The molecule has 0 spiro atoms. The van der Waals surface area contributed by atoms with E-state index in [9.17, 15) is 0 Å². The highest BCUT2D eigenvalue weighted by molar-refractivity contribution is 6.00. The summed E-state index contributed by atoms with van der Waals surface area (Å²) >= 11 is 0. The van der Waals surface area contributed by atoms with Crippen molar-refractivity contribution in [3.8, 4) is 5.75 Å². The predicted octanol–water partition coefficient (Wildman–Crippen LogP) is 6.07. The molecule has 3 aromatic rings. The Hall–Kier alpha value is -2.84. The molecule has 2 heteroatoms. The lowest BCUT2D eigenvalue weighted by atomic mass is 9.80. The van der Waals surface area contributed by atoms with E-state index in [0.29, 0.717) is 0 Å². The molecule has 0 bridgehead atoms. The molecular weight excluding hydrogens is 366 g/mol. The molecule has 5 rings (SSSR count). The number of benzene rings is 3. The molecule has 0 atom stereocenters. The Morgan fingerprint density at radius 3 is 2.23 bits per heavy atom. The quantitative estimate of drug-likeness (QED) is 0.502. The van der Waals surface area contributed by atoms with Crippen LogP contribution in [0, 0.1) is 0 Å². The van der Waals surface area contributed by atoms with Crippen molar-refractivity contribution in [3.05, 3.63) is 101 Å². The van der Waals surface area contributed by atoms with E-state index >= 15 is 0 Å². The number of ether oxygens (including phenoxy) is 1. The molecule has 2 nitrogen and oxygen atoms in total. The highest BCUT2D eigenvalue weighted by atomic mass is 16.5. The van der Waals surface area contributed by atoms with Gasteiger partial charge in [-0.1, -0.05) is 66.7 Å². The van der Waals surface area contributed by atoms with Gasteiger partial charge in [0.15, 0.2) is 0 Å². The summed E-state index contributed by atoms with van der Waals surface area (Å²) in [6, 6.07) is 28.4. The molecule has 152 valence electrons. The molecule has 0 unspecified atom stereocenters. The molecule has 0 radical (unpaired) electrons. The maximum Gasteiger partial charge on any atom is 0.119 e. The summed E-state index contributed by atoms with van der Waals surface area (Å²) in [5.41, 5.74) is 8.22. The summed E-state index contributed by atoms with van der Waals surface area (Å²) in [5.74, 6) is 0.962. The van der Waals surface area contributed by atoms with Crippen LogP contribution in [0.25, 0.3) is 11.1 Å².